The van der Waals surface area contributed by atoms with Gasteiger partial charge < -0.3 is 9.88 Å². The number of carbonyl (C=O) groups excluding carboxylic acids is 2. The first-order valence-electron chi connectivity index (χ1n) is 10.1. The first-order chi connectivity index (χ1) is 14.6. The molecule has 6 nitrogen and oxygen atoms in total. The molecule has 4 rings (SSSR count). The van der Waals surface area contributed by atoms with Crippen LogP contribution in [-0.4, -0.2) is 26.5 Å². The molecule has 1 amide bonds. The molecule has 0 unspecified atom stereocenters. The van der Waals surface area contributed by atoms with Gasteiger partial charge in [0.2, 0.25) is 5.91 Å². The van der Waals surface area contributed by atoms with E-state index in [1.54, 1.807) is 24.3 Å². The highest BCUT2D eigenvalue weighted by atomic mass is 32.2. The van der Waals surface area contributed by atoms with Gasteiger partial charge in [0.15, 0.2) is 10.9 Å². The van der Waals surface area contributed by atoms with Crippen LogP contribution in [0.3, 0.4) is 0 Å². The van der Waals surface area contributed by atoms with Crippen molar-refractivity contribution in [2.75, 3.05) is 5.32 Å². The summed E-state index contributed by atoms with van der Waals surface area (Å²) in [4.78, 5) is 25.0. The van der Waals surface area contributed by atoms with Crippen molar-refractivity contribution in [2.24, 2.45) is 0 Å². The summed E-state index contributed by atoms with van der Waals surface area (Å²) < 4.78 is 2.11. The van der Waals surface area contributed by atoms with E-state index in [0.717, 1.165) is 35.9 Å². The predicted molar refractivity (Wildman–Crippen MR) is 118 cm³/mol. The Morgan fingerprint density at radius 1 is 1.13 bits per heavy atom. The zero-order valence-electron chi connectivity index (χ0n) is 17.0. The van der Waals surface area contributed by atoms with Gasteiger partial charge >= 0.3 is 0 Å². The van der Waals surface area contributed by atoms with Gasteiger partial charge in [-0.2, -0.15) is 0 Å². The highest BCUT2D eigenvalue weighted by Gasteiger charge is 2.32. The molecule has 1 aliphatic carbocycles. The third-order valence-corrected chi connectivity index (χ3v) is 6.34. The summed E-state index contributed by atoms with van der Waals surface area (Å²) in [6, 6.07) is 16.7. The van der Waals surface area contributed by atoms with E-state index >= 15 is 0 Å². The van der Waals surface area contributed by atoms with Gasteiger partial charge in [0, 0.05) is 23.7 Å². The summed E-state index contributed by atoms with van der Waals surface area (Å²) >= 11 is 1.41. The Morgan fingerprint density at radius 3 is 2.57 bits per heavy atom. The molecule has 0 bridgehead atoms. The fourth-order valence-corrected chi connectivity index (χ4v) is 4.47. The Labute approximate surface area is 180 Å². The van der Waals surface area contributed by atoms with Crippen LogP contribution >= 0.6 is 11.8 Å². The van der Waals surface area contributed by atoms with Gasteiger partial charge in [-0.3, -0.25) is 9.59 Å². The second-order valence-electron chi connectivity index (χ2n) is 7.39. The summed E-state index contributed by atoms with van der Waals surface area (Å²) in [7, 11) is 0. The average molecular weight is 421 g/mol. The minimum Gasteiger partial charge on any atom is -0.325 e. The quantitative estimate of drug-likeness (QED) is 0.416. The molecule has 7 heteroatoms. The molecule has 0 saturated heterocycles. The van der Waals surface area contributed by atoms with Gasteiger partial charge in [0.25, 0.3) is 0 Å². The number of anilines is 1. The minimum atomic E-state index is -0.492. The van der Waals surface area contributed by atoms with Crippen LogP contribution in [0.5, 0.6) is 0 Å². The molecule has 0 spiro atoms. The maximum Gasteiger partial charge on any atom is 0.242 e. The number of nitrogens with zero attached hydrogens (tertiary/aromatic N) is 3. The lowest BCUT2D eigenvalue weighted by atomic mass is 10.1. The van der Waals surface area contributed by atoms with Crippen LogP contribution in [-0.2, 0) is 11.3 Å². The number of nitrogens with one attached hydrogen (secondary N) is 1. The summed E-state index contributed by atoms with van der Waals surface area (Å²) in [5, 5.41) is 12.0. The van der Waals surface area contributed by atoms with Gasteiger partial charge in [0.1, 0.15) is 11.1 Å². The third kappa shape index (κ3) is 4.46. The number of Topliss-reactive ketones (excluding diaryl/α,β-unsaturated/α-hetero) is 1. The Morgan fingerprint density at radius 2 is 1.90 bits per heavy atom. The van der Waals surface area contributed by atoms with Crippen LogP contribution in [0.2, 0.25) is 0 Å². The van der Waals surface area contributed by atoms with Crippen molar-refractivity contribution in [1.82, 2.24) is 14.8 Å². The first kappa shape index (κ1) is 20.3. The lowest BCUT2D eigenvalue weighted by Crippen LogP contribution is -2.20. The van der Waals surface area contributed by atoms with Crippen molar-refractivity contribution < 1.29 is 9.59 Å². The summed E-state index contributed by atoms with van der Waals surface area (Å²) in [6.45, 7) is 4.35. The van der Waals surface area contributed by atoms with Crippen molar-refractivity contribution >= 4 is 29.1 Å². The number of benzene rings is 2. The number of aromatic nitrogens is 3. The molecular formula is C23H24N4O2S. The van der Waals surface area contributed by atoms with E-state index in [1.165, 1.54) is 18.7 Å². The molecule has 1 aliphatic rings. The zero-order chi connectivity index (χ0) is 21.1. The zero-order valence-corrected chi connectivity index (χ0v) is 17.9. The van der Waals surface area contributed by atoms with Gasteiger partial charge in [-0.25, -0.2) is 0 Å². The summed E-state index contributed by atoms with van der Waals surface area (Å²) in [5.41, 5.74) is 2.06. The molecule has 1 heterocycles. The number of thioether (sulfide) groups is 1. The standard InChI is InChI=1S/C23H24N4O2S/c1-3-27-21(17-12-13-17)25-26-23(27)30-20(16-8-5-4-6-9-16)22(29)24-19-11-7-10-18(14-19)15(2)28/h4-11,14,17,20H,3,12-13H2,1-2H3,(H,24,29)/t20-/m0/s1. The van der Waals surface area contributed by atoms with E-state index in [-0.39, 0.29) is 11.7 Å². The van der Waals surface area contributed by atoms with Gasteiger partial charge in [0.05, 0.1) is 0 Å². The Kier molecular flexibility index (Phi) is 5.99. The molecule has 154 valence electrons. The summed E-state index contributed by atoms with van der Waals surface area (Å²) in [6.07, 6.45) is 2.30. The number of hydrogen-bond acceptors (Lipinski definition) is 5. The Balaban J connectivity index is 1.61. The third-order valence-electron chi connectivity index (χ3n) is 5.10. The number of amides is 1. The molecule has 1 fully saturated rings. The largest absolute Gasteiger partial charge is 0.325 e. The van der Waals surface area contributed by atoms with Gasteiger partial charge in [-0.1, -0.05) is 54.2 Å². The normalized spacial score (nSPS) is 14.3. The number of hydrogen-bond donors (Lipinski definition) is 1. The molecular weight excluding hydrogens is 396 g/mol. The molecule has 1 aromatic heterocycles. The van der Waals surface area contributed by atoms with E-state index in [4.69, 9.17) is 0 Å². The van der Waals surface area contributed by atoms with Crippen molar-refractivity contribution in [2.45, 2.75) is 49.6 Å². The van der Waals surface area contributed by atoms with E-state index in [0.29, 0.717) is 17.2 Å². The van der Waals surface area contributed by atoms with E-state index in [1.807, 2.05) is 30.3 Å². The number of rotatable bonds is 8. The number of carbonyl (C=O) groups is 2. The average Bonchev–Trinajstić information content (AvgIpc) is 3.52. The number of ketones is 1. The predicted octanol–water partition coefficient (Wildman–Crippen LogP) is 4.85. The van der Waals surface area contributed by atoms with Crippen molar-refractivity contribution in [3.63, 3.8) is 0 Å². The second kappa shape index (κ2) is 8.83. The molecule has 3 aromatic rings. The molecule has 0 radical (unpaired) electrons. The van der Waals surface area contributed by atoms with Crippen LogP contribution in [0, 0.1) is 0 Å². The highest BCUT2D eigenvalue weighted by molar-refractivity contribution is 8.00. The molecule has 1 saturated carbocycles. The van der Waals surface area contributed by atoms with Crippen molar-refractivity contribution in [3.8, 4) is 0 Å². The van der Waals surface area contributed by atoms with Gasteiger partial charge in [-0.05, 0) is 44.4 Å². The monoisotopic (exact) mass is 420 g/mol. The smallest absolute Gasteiger partial charge is 0.242 e. The lowest BCUT2D eigenvalue weighted by Gasteiger charge is -2.17. The first-order valence-corrected chi connectivity index (χ1v) is 11.0. The fraction of sp³-hybridized carbons (Fsp3) is 0.304. The molecule has 0 aliphatic heterocycles. The van der Waals surface area contributed by atoms with Crippen LogP contribution < -0.4 is 5.32 Å². The minimum absolute atomic E-state index is 0.0382. The molecule has 2 aromatic carbocycles. The van der Waals surface area contributed by atoms with E-state index < -0.39 is 5.25 Å². The lowest BCUT2D eigenvalue weighted by molar-refractivity contribution is -0.115. The van der Waals surface area contributed by atoms with Crippen molar-refractivity contribution in [1.29, 1.82) is 0 Å². The second-order valence-corrected chi connectivity index (χ2v) is 8.47. The fourth-order valence-electron chi connectivity index (χ4n) is 3.36. The van der Waals surface area contributed by atoms with Crippen LogP contribution in [0.4, 0.5) is 5.69 Å². The van der Waals surface area contributed by atoms with Crippen molar-refractivity contribution in [3.05, 3.63) is 71.5 Å². The van der Waals surface area contributed by atoms with Crippen LogP contribution in [0.1, 0.15) is 59.6 Å². The summed E-state index contributed by atoms with van der Waals surface area (Å²) in [5.74, 6) is 1.31. The highest BCUT2D eigenvalue weighted by Crippen LogP contribution is 2.42. The maximum atomic E-state index is 13.3. The SMILES string of the molecule is CCn1c(S[C@H](C(=O)Nc2cccc(C(C)=O)c2)c2ccccc2)nnc1C1CC1. The van der Waals surface area contributed by atoms with Crippen LogP contribution in [0.15, 0.2) is 59.8 Å². The van der Waals surface area contributed by atoms with E-state index in [9.17, 15) is 9.59 Å². The van der Waals surface area contributed by atoms with Crippen LogP contribution in [0.25, 0.3) is 0 Å². The molecule has 1 atom stereocenters. The Hall–Kier alpha value is -2.93. The van der Waals surface area contributed by atoms with E-state index in [2.05, 4.69) is 27.0 Å². The maximum absolute atomic E-state index is 13.3. The van der Waals surface area contributed by atoms with Gasteiger partial charge in [-0.15, -0.1) is 10.2 Å². The molecule has 1 N–H and O–H groups in total. The topological polar surface area (TPSA) is 76.9 Å². The molecule has 30 heavy (non-hydrogen) atoms. The Bertz CT molecular complexity index is 1060.